The van der Waals surface area contributed by atoms with E-state index in [9.17, 15) is 9.90 Å². The molecule has 1 amide bonds. The van der Waals surface area contributed by atoms with E-state index in [-0.39, 0.29) is 12.5 Å². The number of carbonyl (C=O) groups is 1. The lowest BCUT2D eigenvalue weighted by Gasteiger charge is -2.30. The van der Waals surface area contributed by atoms with E-state index in [1.807, 2.05) is 11.4 Å². The minimum absolute atomic E-state index is 0.113. The zero-order valence-corrected chi connectivity index (χ0v) is 13.2. The number of fused-ring (bicyclic) bond motifs is 1. The van der Waals surface area contributed by atoms with Crippen LogP contribution in [0.1, 0.15) is 20.8 Å². The molecule has 1 aliphatic rings. The van der Waals surface area contributed by atoms with Crippen LogP contribution in [0.3, 0.4) is 0 Å². The van der Waals surface area contributed by atoms with E-state index in [0.717, 1.165) is 19.5 Å². The summed E-state index contributed by atoms with van der Waals surface area (Å²) in [6.45, 7) is 2.69. The van der Waals surface area contributed by atoms with Gasteiger partial charge in [0.05, 0.1) is 11.0 Å². The molecule has 1 unspecified atom stereocenters. The number of β-amino-alcohol motifs (C(OH)–C–C–N with tert-alkyl or cyclic N) is 1. The molecule has 4 nitrogen and oxygen atoms in total. The zero-order chi connectivity index (χ0) is 15.4. The second-order valence-corrected chi connectivity index (χ2v) is 6.54. The molecule has 2 N–H and O–H groups in total. The fraction of sp³-hybridized carbons (Fsp3) is 0.353. The minimum atomic E-state index is -0.547. The number of aliphatic hydroxyl groups excluding tert-OH is 1. The Kier molecular flexibility index (Phi) is 4.87. The van der Waals surface area contributed by atoms with Gasteiger partial charge in [-0.1, -0.05) is 30.3 Å². The third kappa shape index (κ3) is 3.74. The van der Waals surface area contributed by atoms with Gasteiger partial charge in [-0.25, -0.2) is 0 Å². The fourth-order valence-corrected chi connectivity index (χ4v) is 3.42. The van der Waals surface area contributed by atoms with Gasteiger partial charge in [-0.2, -0.15) is 0 Å². The van der Waals surface area contributed by atoms with Gasteiger partial charge in [-0.3, -0.25) is 9.69 Å². The lowest BCUT2D eigenvalue weighted by Crippen LogP contribution is -2.41. The third-order valence-electron chi connectivity index (χ3n) is 3.92. The Hall–Kier alpha value is -1.69. The van der Waals surface area contributed by atoms with Gasteiger partial charge in [0.25, 0.3) is 5.91 Å². The predicted octanol–water partition coefficient (Wildman–Crippen LogP) is 1.90. The molecule has 0 bridgehead atoms. The SMILES string of the molecule is O=C(NCC(O)CN1CCc2ccccc2C1)c1cccs1. The standard InChI is InChI=1S/C17H20N2O2S/c20-15(10-18-17(21)16-6-3-9-22-16)12-19-8-7-13-4-1-2-5-14(13)11-19/h1-6,9,15,20H,7-8,10-12H2,(H,18,21). The molecule has 0 saturated heterocycles. The Morgan fingerprint density at radius 2 is 2.09 bits per heavy atom. The fourth-order valence-electron chi connectivity index (χ4n) is 2.78. The molecule has 2 heterocycles. The van der Waals surface area contributed by atoms with Gasteiger partial charge in [0.1, 0.15) is 0 Å². The second-order valence-electron chi connectivity index (χ2n) is 5.59. The Bertz CT molecular complexity index is 627. The molecule has 1 atom stereocenters. The number of hydrogen-bond donors (Lipinski definition) is 2. The summed E-state index contributed by atoms with van der Waals surface area (Å²) in [5.74, 6) is -0.113. The zero-order valence-electron chi connectivity index (χ0n) is 12.4. The van der Waals surface area contributed by atoms with Gasteiger partial charge in [-0.15, -0.1) is 11.3 Å². The average Bonchev–Trinajstić information content (AvgIpc) is 3.07. The Morgan fingerprint density at radius 3 is 2.86 bits per heavy atom. The number of benzene rings is 1. The van der Waals surface area contributed by atoms with E-state index >= 15 is 0 Å². The number of nitrogens with one attached hydrogen (secondary N) is 1. The molecular formula is C17H20N2O2S. The largest absolute Gasteiger partial charge is 0.390 e. The van der Waals surface area contributed by atoms with Crippen molar-refractivity contribution >= 4 is 17.2 Å². The van der Waals surface area contributed by atoms with Crippen LogP contribution in [0.5, 0.6) is 0 Å². The molecule has 3 rings (SSSR count). The first-order chi connectivity index (χ1) is 10.7. The van der Waals surface area contributed by atoms with Crippen molar-refractivity contribution in [2.45, 2.75) is 19.1 Å². The van der Waals surface area contributed by atoms with Crippen LogP contribution in [0.2, 0.25) is 0 Å². The number of carbonyl (C=O) groups excluding carboxylic acids is 1. The quantitative estimate of drug-likeness (QED) is 0.886. The van der Waals surface area contributed by atoms with Gasteiger partial charge >= 0.3 is 0 Å². The van der Waals surface area contributed by atoms with Crippen LogP contribution in [0.15, 0.2) is 41.8 Å². The van der Waals surface area contributed by atoms with E-state index in [2.05, 4.69) is 34.5 Å². The van der Waals surface area contributed by atoms with Gasteiger partial charge in [0.15, 0.2) is 0 Å². The normalized spacial score (nSPS) is 16.0. The van der Waals surface area contributed by atoms with E-state index < -0.39 is 6.10 Å². The van der Waals surface area contributed by atoms with Crippen molar-refractivity contribution < 1.29 is 9.90 Å². The number of nitrogens with zero attached hydrogens (tertiary/aromatic N) is 1. The van der Waals surface area contributed by atoms with Crippen LogP contribution < -0.4 is 5.32 Å². The number of amides is 1. The summed E-state index contributed by atoms with van der Waals surface area (Å²) in [5, 5.41) is 14.8. The first-order valence-electron chi connectivity index (χ1n) is 7.51. The summed E-state index contributed by atoms with van der Waals surface area (Å²) in [7, 11) is 0. The molecule has 0 radical (unpaired) electrons. The maximum absolute atomic E-state index is 11.8. The summed E-state index contributed by atoms with van der Waals surface area (Å²) in [6, 6.07) is 12.1. The van der Waals surface area contributed by atoms with Crippen molar-refractivity contribution in [3.8, 4) is 0 Å². The van der Waals surface area contributed by atoms with E-state index in [4.69, 9.17) is 0 Å². The molecule has 1 aromatic carbocycles. The van der Waals surface area contributed by atoms with Crippen LogP contribution in [-0.4, -0.2) is 41.7 Å². The maximum atomic E-state index is 11.8. The molecular weight excluding hydrogens is 296 g/mol. The smallest absolute Gasteiger partial charge is 0.261 e. The van der Waals surface area contributed by atoms with Crippen molar-refractivity contribution in [3.05, 3.63) is 57.8 Å². The number of hydrogen-bond acceptors (Lipinski definition) is 4. The van der Waals surface area contributed by atoms with Crippen LogP contribution in [0.4, 0.5) is 0 Å². The van der Waals surface area contributed by atoms with Crippen LogP contribution in [0, 0.1) is 0 Å². The first-order valence-corrected chi connectivity index (χ1v) is 8.39. The monoisotopic (exact) mass is 316 g/mol. The van der Waals surface area contributed by atoms with Crippen molar-refractivity contribution in [1.82, 2.24) is 10.2 Å². The Labute approximate surface area is 134 Å². The van der Waals surface area contributed by atoms with Crippen molar-refractivity contribution in [2.24, 2.45) is 0 Å². The van der Waals surface area contributed by atoms with E-state index in [0.29, 0.717) is 11.4 Å². The molecule has 5 heteroatoms. The Balaban J connectivity index is 1.46. The molecule has 0 fully saturated rings. The molecule has 0 aliphatic carbocycles. The molecule has 0 spiro atoms. The van der Waals surface area contributed by atoms with Crippen LogP contribution in [0.25, 0.3) is 0 Å². The van der Waals surface area contributed by atoms with Crippen LogP contribution in [-0.2, 0) is 13.0 Å². The summed E-state index contributed by atoms with van der Waals surface area (Å²) in [4.78, 5) is 14.8. The first kappa shape index (κ1) is 15.2. The summed E-state index contributed by atoms with van der Waals surface area (Å²) in [5.41, 5.74) is 2.74. The highest BCUT2D eigenvalue weighted by Crippen LogP contribution is 2.18. The molecule has 1 aromatic heterocycles. The summed E-state index contributed by atoms with van der Waals surface area (Å²) in [6.07, 6.45) is 0.471. The summed E-state index contributed by atoms with van der Waals surface area (Å²) < 4.78 is 0. The summed E-state index contributed by atoms with van der Waals surface area (Å²) >= 11 is 1.41. The van der Waals surface area contributed by atoms with E-state index in [1.54, 1.807) is 6.07 Å². The van der Waals surface area contributed by atoms with Crippen molar-refractivity contribution in [1.29, 1.82) is 0 Å². The molecule has 22 heavy (non-hydrogen) atoms. The highest BCUT2D eigenvalue weighted by molar-refractivity contribution is 7.12. The van der Waals surface area contributed by atoms with Crippen molar-refractivity contribution in [3.63, 3.8) is 0 Å². The number of rotatable bonds is 5. The lowest BCUT2D eigenvalue weighted by molar-refractivity contribution is 0.0845. The minimum Gasteiger partial charge on any atom is -0.390 e. The highest BCUT2D eigenvalue weighted by Gasteiger charge is 2.18. The number of aliphatic hydroxyl groups is 1. The van der Waals surface area contributed by atoms with Gasteiger partial charge in [0, 0.05) is 26.2 Å². The number of thiophene rings is 1. The lowest BCUT2D eigenvalue weighted by atomic mass is 10.00. The third-order valence-corrected chi connectivity index (χ3v) is 4.79. The molecule has 116 valence electrons. The predicted molar refractivity (Wildman–Crippen MR) is 88.1 cm³/mol. The van der Waals surface area contributed by atoms with Crippen molar-refractivity contribution in [2.75, 3.05) is 19.6 Å². The highest BCUT2D eigenvalue weighted by atomic mass is 32.1. The average molecular weight is 316 g/mol. The van der Waals surface area contributed by atoms with Gasteiger partial charge < -0.3 is 10.4 Å². The maximum Gasteiger partial charge on any atom is 0.261 e. The van der Waals surface area contributed by atoms with Gasteiger partial charge in [-0.05, 0) is 29.0 Å². The molecule has 1 aliphatic heterocycles. The van der Waals surface area contributed by atoms with Crippen LogP contribution >= 0.6 is 11.3 Å². The Morgan fingerprint density at radius 1 is 1.27 bits per heavy atom. The molecule has 2 aromatic rings. The topological polar surface area (TPSA) is 52.6 Å². The van der Waals surface area contributed by atoms with Gasteiger partial charge in [0.2, 0.25) is 0 Å². The molecule has 0 saturated carbocycles. The second kappa shape index (κ2) is 7.05. The van der Waals surface area contributed by atoms with E-state index in [1.165, 1.54) is 22.5 Å².